The normalized spacial score (nSPS) is 32.8. The van der Waals surface area contributed by atoms with Crippen molar-refractivity contribution in [2.24, 2.45) is 11.8 Å². The van der Waals surface area contributed by atoms with Gasteiger partial charge < -0.3 is 10.2 Å². The molecule has 0 aromatic carbocycles. The molecule has 0 radical (unpaired) electrons. The van der Waals surface area contributed by atoms with Gasteiger partial charge in [-0.15, -0.1) is 0 Å². The second kappa shape index (κ2) is 7.01. The van der Waals surface area contributed by atoms with Crippen LogP contribution in [0.5, 0.6) is 0 Å². The highest BCUT2D eigenvalue weighted by Crippen LogP contribution is 2.24. The van der Waals surface area contributed by atoms with Gasteiger partial charge in [-0.3, -0.25) is 0 Å². The maximum absolute atomic E-state index is 3.80. The van der Waals surface area contributed by atoms with E-state index in [0.29, 0.717) is 6.04 Å². The van der Waals surface area contributed by atoms with Gasteiger partial charge in [-0.25, -0.2) is 0 Å². The van der Waals surface area contributed by atoms with Crippen molar-refractivity contribution in [1.82, 2.24) is 10.2 Å². The molecule has 3 atom stereocenters. The maximum Gasteiger partial charge on any atom is 0.00793 e. The minimum Gasteiger partial charge on any atom is -0.314 e. The van der Waals surface area contributed by atoms with Crippen LogP contribution < -0.4 is 5.32 Å². The first kappa shape index (κ1) is 13.7. The van der Waals surface area contributed by atoms with E-state index in [4.69, 9.17) is 0 Å². The van der Waals surface area contributed by atoms with Gasteiger partial charge in [0.2, 0.25) is 0 Å². The van der Waals surface area contributed by atoms with Gasteiger partial charge in [0.05, 0.1) is 0 Å². The fourth-order valence-corrected chi connectivity index (χ4v) is 4.33. The highest BCUT2D eigenvalue weighted by molar-refractivity contribution is 7.99. The summed E-state index contributed by atoms with van der Waals surface area (Å²) in [6.07, 6.45) is 4.24. The summed E-state index contributed by atoms with van der Waals surface area (Å²) in [7, 11) is 0. The minimum atomic E-state index is 0.704. The SMILES string of the molecule is CCN1CCCC(C(C)NCC2CCSC2)C1. The predicted molar refractivity (Wildman–Crippen MR) is 77.7 cm³/mol. The van der Waals surface area contributed by atoms with Gasteiger partial charge >= 0.3 is 0 Å². The molecule has 0 aromatic heterocycles. The number of piperidine rings is 1. The van der Waals surface area contributed by atoms with Gasteiger partial charge in [0.1, 0.15) is 0 Å². The monoisotopic (exact) mass is 256 g/mol. The zero-order valence-corrected chi connectivity index (χ0v) is 12.3. The van der Waals surface area contributed by atoms with Crippen LogP contribution in [0.4, 0.5) is 0 Å². The van der Waals surface area contributed by atoms with Crippen molar-refractivity contribution >= 4 is 11.8 Å². The van der Waals surface area contributed by atoms with Crippen LogP contribution in [0.15, 0.2) is 0 Å². The molecule has 2 aliphatic rings. The number of nitrogens with one attached hydrogen (secondary N) is 1. The maximum atomic E-state index is 3.80. The van der Waals surface area contributed by atoms with Crippen molar-refractivity contribution in [3.05, 3.63) is 0 Å². The zero-order valence-electron chi connectivity index (χ0n) is 11.5. The van der Waals surface area contributed by atoms with Crippen LogP contribution >= 0.6 is 11.8 Å². The van der Waals surface area contributed by atoms with Crippen LogP contribution in [-0.4, -0.2) is 48.6 Å². The standard InChI is InChI=1S/C14H28N2S/c1-3-16-7-4-5-14(10-16)12(2)15-9-13-6-8-17-11-13/h12-15H,3-11H2,1-2H3. The molecule has 2 nitrogen and oxygen atoms in total. The molecular weight excluding hydrogens is 228 g/mol. The number of likely N-dealkylation sites (tertiary alicyclic amines) is 1. The first-order valence-electron chi connectivity index (χ1n) is 7.33. The van der Waals surface area contributed by atoms with Crippen LogP contribution in [0.2, 0.25) is 0 Å². The Bertz CT molecular complexity index is 216. The summed E-state index contributed by atoms with van der Waals surface area (Å²) in [6, 6.07) is 0.704. The lowest BCUT2D eigenvalue weighted by Gasteiger charge is -2.35. The molecule has 2 fully saturated rings. The third-order valence-electron chi connectivity index (χ3n) is 4.45. The van der Waals surface area contributed by atoms with E-state index in [1.54, 1.807) is 0 Å². The number of hydrogen-bond acceptors (Lipinski definition) is 3. The zero-order chi connectivity index (χ0) is 12.1. The van der Waals surface area contributed by atoms with Crippen LogP contribution in [0, 0.1) is 11.8 Å². The predicted octanol–water partition coefficient (Wildman–Crippen LogP) is 2.45. The summed E-state index contributed by atoms with van der Waals surface area (Å²) < 4.78 is 0. The molecule has 0 aromatic rings. The molecule has 3 heteroatoms. The molecule has 0 amide bonds. The van der Waals surface area contributed by atoms with Crippen LogP contribution in [-0.2, 0) is 0 Å². The molecule has 1 N–H and O–H groups in total. The van der Waals surface area contributed by atoms with E-state index in [9.17, 15) is 0 Å². The summed E-state index contributed by atoms with van der Waals surface area (Å²) >= 11 is 2.13. The van der Waals surface area contributed by atoms with Crippen LogP contribution in [0.3, 0.4) is 0 Å². The van der Waals surface area contributed by atoms with Crippen LogP contribution in [0.1, 0.15) is 33.1 Å². The fraction of sp³-hybridized carbons (Fsp3) is 1.00. The average Bonchev–Trinajstić information content (AvgIpc) is 2.89. The largest absolute Gasteiger partial charge is 0.314 e. The molecule has 2 saturated heterocycles. The Labute approximate surface area is 111 Å². The molecule has 0 saturated carbocycles. The number of hydrogen-bond donors (Lipinski definition) is 1. The van der Waals surface area contributed by atoms with Crippen molar-refractivity contribution < 1.29 is 0 Å². The highest BCUT2D eigenvalue weighted by atomic mass is 32.2. The Balaban J connectivity index is 1.68. The number of rotatable bonds is 5. The fourth-order valence-electron chi connectivity index (χ4n) is 3.05. The average molecular weight is 256 g/mol. The van der Waals surface area contributed by atoms with Crippen molar-refractivity contribution in [1.29, 1.82) is 0 Å². The van der Waals surface area contributed by atoms with Gasteiger partial charge in [0.25, 0.3) is 0 Å². The summed E-state index contributed by atoms with van der Waals surface area (Å²) in [6.45, 7) is 9.78. The molecule has 2 heterocycles. The van der Waals surface area contributed by atoms with E-state index in [1.807, 2.05) is 0 Å². The molecule has 17 heavy (non-hydrogen) atoms. The van der Waals surface area contributed by atoms with Crippen LogP contribution in [0.25, 0.3) is 0 Å². The van der Waals surface area contributed by atoms with Crippen molar-refractivity contribution in [3.8, 4) is 0 Å². The van der Waals surface area contributed by atoms with E-state index in [0.717, 1.165) is 11.8 Å². The van der Waals surface area contributed by atoms with Gasteiger partial charge in [-0.2, -0.15) is 11.8 Å². The lowest BCUT2D eigenvalue weighted by Crippen LogP contribution is -2.45. The Hall–Kier alpha value is 0.270. The Morgan fingerprint density at radius 3 is 3.00 bits per heavy atom. The molecule has 2 rings (SSSR count). The molecule has 100 valence electrons. The molecule has 0 bridgehead atoms. The van der Waals surface area contributed by atoms with E-state index in [2.05, 4.69) is 35.8 Å². The van der Waals surface area contributed by atoms with Gasteiger partial charge in [0.15, 0.2) is 0 Å². The van der Waals surface area contributed by atoms with Gasteiger partial charge in [-0.05, 0) is 69.2 Å². The summed E-state index contributed by atoms with van der Waals surface area (Å²) in [5.74, 6) is 4.57. The number of nitrogens with zero attached hydrogens (tertiary/aromatic N) is 1. The van der Waals surface area contributed by atoms with Crippen molar-refractivity contribution in [2.45, 2.75) is 39.2 Å². The molecule has 0 spiro atoms. The third-order valence-corrected chi connectivity index (χ3v) is 5.68. The first-order chi connectivity index (χ1) is 8.29. The van der Waals surface area contributed by atoms with E-state index < -0.39 is 0 Å². The molecule has 2 aliphatic heterocycles. The van der Waals surface area contributed by atoms with Crippen molar-refractivity contribution in [3.63, 3.8) is 0 Å². The molecule has 3 unspecified atom stereocenters. The smallest absolute Gasteiger partial charge is 0.00793 e. The van der Waals surface area contributed by atoms with Gasteiger partial charge in [-0.1, -0.05) is 6.92 Å². The lowest BCUT2D eigenvalue weighted by atomic mass is 9.91. The molecular formula is C14H28N2S. The lowest BCUT2D eigenvalue weighted by molar-refractivity contribution is 0.156. The first-order valence-corrected chi connectivity index (χ1v) is 8.48. The Morgan fingerprint density at radius 2 is 2.29 bits per heavy atom. The third kappa shape index (κ3) is 4.15. The summed E-state index contributed by atoms with van der Waals surface area (Å²) in [5, 5.41) is 3.80. The number of thioether (sulfide) groups is 1. The van der Waals surface area contributed by atoms with Gasteiger partial charge in [0, 0.05) is 12.6 Å². The van der Waals surface area contributed by atoms with E-state index >= 15 is 0 Å². The van der Waals surface area contributed by atoms with Crippen molar-refractivity contribution in [2.75, 3.05) is 37.7 Å². The van der Waals surface area contributed by atoms with E-state index in [-0.39, 0.29) is 0 Å². The quantitative estimate of drug-likeness (QED) is 0.813. The summed E-state index contributed by atoms with van der Waals surface area (Å²) in [5.41, 5.74) is 0. The van der Waals surface area contributed by atoms with E-state index in [1.165, 1.54) is 56.9 Å². The molecule has 0 aliphatic carbocycles. The topological polar surface area (TPSA) is 15.3 Å². The minimum absolute atomic E-state index is 0.704. The summed E-state index contributed by atoms with van der Waals surface area (Å²) in [4.78, 5) is 2.61. The Kier molecular flexibility index (Phi) is 5.64. The second-order valence-electron chi connectivity index (χ2n) is 5.72. The second-order valence-corrected chi connectivity index (χ2v) is 6.87. The Morgan fingerprint density at radius 1 is 1.41 bits per heavy atom. The highest BCUT2D eigenvalue weighted by Gasteiger charge is 2.24.